The van der Waals surface area contributed by atoms with Gasteiger partial charge in [0.05, 0.1) is 17.1 Å². The second-order valence-electron chi connectivity index (χ2n) is 6.95. The lowest BCUT2D eigenvalue weighted by molar-refractivity contribution is 0.190. The summed E-state index contributed by atoms with van der Waals surface area (Å²) >= 11 is 0. The average molecular weight is 378 g/mol. The highest BCUT2D eigenvalue weighted by atomic mass is 16.5. The van der Waals surface area contributed by atoms with E-state index in [1.54, 1.807) is 24.0 Å². The lowest BCUT2D eigenvalue weighted by atomic mass is 10.0. The Bertz CT molecular complexity index is 1010. The molecule has 0 unspecified atom stereocenters. The van der Waals surface area contributed by atoms with Crippen LogP contribution >= 0.6 is 0 Å². The number of ether oxygens (including phenoxy) is 1. The van der Waals surface area contributed by atoms with Crippen molar-refractivity contribution in [2.45, 2.75) is 32.7 Å². The summed E-state index contributed by atoms with van der Waals surface area (Å²) < 4.78 is 6.72. The molecule has 0 aliphatic rings. The number of hydrogen-bond donors (Lipinski definition) is 1. The number of nitrogens with zero attached hydrogens (tertiary/aromatic N) is 3. The molecule has 1 N–H and O–H groups in total. The zero-order valence-corrected chi connectivity index (χ0v) is 16.6. The maximum absolute atomic E-state index is 12.9. The highest BCUT2D eigenvalue weighted by Gasteiger charge is 2.10. The van der Waals surface area contributed by atoms with Crippen molar-refractivity contribution in [3.05, 3.63) is 70.0 Å². The topological polar surface area (TPSA) is 68.5 Å². The predicted molar refractivity (Wildman–Crippen MR) is 114 cm³/mol. The summed E-state index contributed by atoms with van der Waals surface area (Å²) in [6, 6.07) is 15.6. The zero-order chi connectivity index (χ0) is 19.9. The fourth-order valence-corrected chi connectivity index (χ4v) is 2.96. The lowest BCUT2D eigenvalue weighted by Gasteiger charge is -2.12. The van der Waals surface area contributed by atoms with Crippen molar-refractivity contribution < 1.29 is 4.74 Å². The summed E-state index contributed by atoms with van der Waals surface area (Å²) in [6.07, 6.45) is 2.44. The largest absolute Gasteiger partial charge is 0.385 e. The van der Waals surface area contributed by atoms with Crippen LogP contribution in [0.1, 0.15) is 37.3 Å². The van der Waals surface area contributed by atoms with Gasteiger partial charge >= 0.3 is 0 Å². The SMILES string of the molecule is COCCCn1c(N/N=C\c2ccc(C(C)C)cc2)nc2ccccc2c1=O. The van der Waals surface area contributed by atoms with E-state index in [2.05, 4.69) is 41.5 Å². The van der Waals surface area contributed by atoms with Gasteiger partial charge in [0, 0.05) is 20.3 Å². The number of methoxy groups -OCH3 is 1. The fraction of sp³-hybridized carbons (Fsp3) is 0.318. The quantitative estimate of drug-likeness (QED) is 0.365. The monoisotopic (exact) mass is 378 g/mol. The number of rotatable bonds is 8. The van der Waals surface area contributed by atoms with Gasteiger partial charge in [-0.1, -0.05) is 50.2 Å². The van der Waals surface area contributed by atoms with E-state index in [-0.39, 0.29) is 5.56 Å². The lowest BCUT2D eigenvalue weighted by Crippen LogP contribution is -2.24. The van der Waals surface area contributed by atoms with E-state index >= 15 is 0 Å². The summed E-state index contributed by atoms with van der Waals surface area (Å²) in [4.78, 5) is 17.4. The molecule has 0 aliphatic heterocycles. The normalized spacial score (nSPS) is 11.6. The van der Waals surface area contributed by atoms with Crippen molar-refractivity contribution in [3.63, 3.8) is 0 Å². The van der Waals surface area contributed by atoms with Crippen molar-refractivity contribution in [3.8, 4) is 0 Å². The number of para-hydroxylation sites is 1. The molecule has 0 aliphatic carbocycles. The number of aromatic nitrogens is 2. The summed E-state index contributed by atoms with van der Waals surface area (Å²) in [6.45, 7) is 5.41. The first-order chi connectivity index (χ1) is 13.6. The molecule has 6 nitrogen and oxygen atoms in total. The van der Waals surface area contributed by atoms with Gasteiger partial charge in [0.1, 0.15) is 0 Å². The molecule has 146 valence electrons. The summed E-state index contributed by atoms with van der Waals surface area (Å²) in [5, 5.41) is 4.89. The van der Waals surface area contributed by atoms with Crippen molar-refractivity contribution >= 4 is 23.1 Å². The van der Waals surface area contributed by atoms with Crippen LogP contribution < -0.4 is 11.0 Å². The van der Waals surface area contributed by atoms with Crippen LogP contribution in [0.2, 0.25) is 0 Å². The molecular weight excluding hydrogens is 352 g/mol. The third-order valence-corrected chi connectivity index (χ3v) is 4.57. The van der Waals surface area contributed by atoms with Crippen molar-refractivity contribution in [1.82, 2.24) is 9.55 Å². The Morgan fingerprint density at radius 1 is 1.18 bits per heavy atom. The van der Waals surface area contributed by atoms with Gasteiger partial charge in [-0.2, -0.15) is 5.10 Å². The molecular formula is C22H26N4O2. The Balaban J connectivity index is 1.85. The minimum Gasteiger partial charge on any atom is -0.385 e. The van der Waals surface area contributed by atoms with Crippen LogP contribution in [0, 0.1) is 0 Å². The maximum atomic E-state index is 12.9. The van der Waals surface area contributed by atoms with Crippen LogP contribution in [0.4, 0.5) is 5.95 Å². The standard InChI is InChI=1S/C22H26N4O2/c1-16(2)18-11-9-17(10-12-18)15-23-25-22-24-20-8-5-4-7-19(20)21(27)26(22)13-6-14-28-3/h4-5,7-12,15-16H,6,13-14H2,1-3H3,(H,24,25)/b23-15-. The first-order valence-corrected chi connectivity index (χ1v) is 9.47. The number of benzene rings is 2. The molecule has 0 atom stereocenters. The summed E-state index contributed by atoms with van der Waals surface area (Å²) in [5.41, 5.74) is 5.77. The minimum absolute atomic E-state index is 0.0827. The van der Waals surface area contributed by atoms with Crippen molar-refractivity contribution in [2.24, 2.45) is 5.10 Å². The van der Waals surface area contributed by atoms with Gasteiger partial charge < -0.3 is 4.74 Å². The van der Waals surface area contributed by atoms with Gasteiger partial charge in [-0.15, -0.1) is 0 Å². The number of anilines is 1. The first-order valence-electron chi connectivity index (χ1n) is 9.47. The smallest absolute Gasteiger partial charge is 0.262 e. The van der Waals surface area contributed by atoms with E-state index in [9.17, 15) is 4.79 Å². The van der Waals surface area contributed by atoms with Crippen LogP contribution in [-0.2, 0) is 11.3 Å². The van der Waals surface area contributed by atoms with Gasteiger partial charge in [0.25, 0.3) is 5.56 Å². The third kappa shape index (κ3) is 4.64. The highest BCUT2D eigenvalue weighted by Crippen LogP contribution is 2.14. The molecule has 1 heterocycles. The first kappa shape index (κ1) is 19.8. The number of nitrogens with one attached hydrogen (secondary N) is 1. The molecule has 0 amide bonds. The second kappa shape index (κ2) is 9.28. The number of hydrazone groups is 1. The van der Waals surface area contributed by atoms with E-state index in [1.165, 1.54) is 5.56 Å². The Morgan fingerprint density at radius 2 is 1.93 bits per heavy atom. The maximum Gasteiger partial charge on any atom is 0.262 e. The molecule has 0 bridgehead atoms. The van der Waals surface area contributed by atoms with E-state index in [1.807, 2.05) is 30.3 Å². The molecule has 2 aromatic carbocycles. The fourth-order valence-electron chi connectivity index (χ4n) is 2.96. The van der Waals surface area contributed by atoms with E-state index < -0.39 is 0 Å². The predicted octanol–water partition coefficient (Wildman–Crippen LogP) is 4.00. The van der Waals surface area contributed by atoms with Gasteiger partial charge in [-0.3, -0.25) is 9.36 Å². The molecule has 0 spiro atoms. The average Bonchev–Trinajstić information content (AvgIpc) is 2.70. The van der Waals surface area contributed by atoms with Crippen LogP contribution in [0.5, 0.6) is 0 Å². The summed E-state index contributed by atoms with van der Waals surface area (Å²) in [7, 11) is 1.65. The molecule has 0 radical (unpaired) electrons. The molecule has 0 saturated heterocycles. The molecule has 3 aromatic rings. The van der Waals surface area contributed by atoms with Crippen molar-refractivity contribution in [1.29, 1.82) is 0 Å². The molecule has 1 aromatic heterocycles. The van der Waals surface area contributed by atoms with E-state index in [0.29, 0.717) is 42.3 Å². The molecule has 6 heteroatoms. The van der Waals surface area contributed by atoms with E-state index in [4.69, 9.17) is 4.74 Å². The Hall–Kier alpha value is -2.99. The third-order valence-electron chi connectivity index (χ3n) is 4.57. The second-order valence-corrected chi connectivity index (χ2v) is 6.95. The van der Waals surface area contributed by atoms with Crippen LogP contribution in [0.15, 0.2) is 58.4 Å². The minimum atomic E-state index is -0.0827. The zero-order valence-electron chi connectivity index (χ0n) is 16.6. The highest BCUT2D eigenvalue weighted by molar-refractivity contribution is 5.81. The van der Waals surface area contributed by atoms with Crippen molar-refractivity contribution in [2.75, 3.05) is 19.1 Å². The van der Waals surface area contributed by atoms with E-state index in [0.717, 1.165) is 5.56 Å². The Morgan fingerprint density at radius 3 is 2.64 bits per heavy atom. The van der Waals surface area contributed by atoms with Gasteiger partial charge in [-0.25, -0.2) is 10.4 Å². The van der Waals surface area contributed by atoms with Crippen LogP contribution in [0.3, 0.4) is 0 Å². The van der Waals surface area contributed by atoms with Gasteiger partial charge in [0.2, 0.25) is 5.95 Å². The number of fused-ring (bicyclic) bond motifs is 1. The number of hydrogen-bond acceptors (Lipinski definition) is 5. The Kier molecular flexibility index (Phi) is 6.55. The van der Waals surface area contributed by atoms with Crippen LogP contribution in [-0.4, -0.2) is 29.5 Å². The molecule has 0 saturated carbocycles. The molecule has 28 heavy (non-hydrogen) atoms. The molecule has 0 fully saturated rings. The van der Waals surface area contributed by atoms with Gasteiger partial charge in [-0.05, 0) is 35.6 Å². The summed E-state index contributed by atoms with van der Waals surface area (Å²) in [5.74, 6) is 0.919. The van der Waals surface area contributed by atoms with Crippen LogP contribution in [0.25, 0.3) is 10.9 Å². The van der Waals surface area contributed by atoms with Gasteiger partial charge in [0.15, 0.2) is 0 Å². The molecule has 3 rings (SSSR count). The Labute approximate surface area is 164 Å².